The number of nitrogens with zero attached hydrogens (tertiary/aromatic N) is 3. The number of anilines is 3. The van der Waals surface area contributed by atoms with E-state index < -0.39 is 7.12 Å². The average Bonchev–Trinajstić information content (AvgIpc) is 3.05. The minimum atomic E-state index is -0.855. The molecule has 0 spiro atoms. The van der Waals surface area contributed by atoms with Crippen molar-refractivity contribution < 1.29 is 14.4 Å². The maximum absolute atomic E-state index is 9.72. The molecular weight excluding hydrogens is 345 g/mol. The van der Waals surface area contributed by atoms with Gasteiger partial charge in [-0.3, -0.25) is 0 Å². The zero-order chi connectivity index (χ0) is 18.8. The van der Waals surface area contributed by atoms with E-state index in [1.807, 2.05) is 25.1 Å². The molecule has 0 bridgehead atoms. The van der Waals surface area contributed by atoms with Crippen molar-refractivity contribution in [1.82, 2.24) is 9.97 Å². The summed E-state index contributed by atoms with van der Waals surface area (Å²) in [6.07, 6.45) is 2.45. The molecule has 0 saturated carbocycles. The molecule has 4 rings (SSSR count). The van der Waals surface area contributed by atoms with Gasteiger partial charge in [0.15, 0.2) is 0 Å². The van der Waals surface area contributed by atoms with Crippen molar-refractivity contribution in [3.8, 4) is 6.07 Å². The summed E-state index contributed by atoms with van der Waals surface area (Å²) in [4.78, 5) is 8.90. The number of aryl methyl sites for hydroxylation is 1. The molecule has 0 aliphatic carbocycles. The fourth-order valence-corrected chi connectivity index (χ4v) is 3.30. The van der Waals surface area contributed by atoms with Crippen molar-refractivity contribution in [2.75, 3.05) is 23.8 Å². The van der Waals surface area contributed by atoms with Gasteiger partial charge in [0.1, 0.15) is 5.82 Å². The third-order valence-electron chi connectivity index (χ3n) is 4.88. The molecule has 3 heterocycles. The van der Waals surface area contributed by atoms with Crippen molar-refractivity contribution >= 4 is 30.0 Å². The molecule has 0 radical (unpaired) electrons. The highest BCUT2D eigenvalue weighted by molar-refractivity contribution is 6.61. The van der Waals surface area contributed by atoms with Crippen molar-refractivity contribution in [1.29, 1.82) is 5.26 Å². The first-order valence-electron chi connectivity index (χ1n) is 8.91. The molecule has 8 nitrogen and oxygen atoms in total. The lowest BCUT2D eigenvalue weighted by Gasteiger charge is -2.28. The van der Waals surface area contributed by atoms with Crippen LogP contribution < -0.4 is 16.1 Å². The van der Waals surface area contributed by atoms with Gasteiger partial charge in [0.2, 0.25) is 5.95 Å². The fraction of sp³-hybridized carbons (Fsp3) is 0.389. The Hall–Kier alpha value is -2.67. The maximum atomic E-state index is 9.72. The van der Waals surface area contributed by atoms with Crippen LogP contribution in [0.4, 0.5) is 17.5 Å². The Bertz CT molecular complexity index is 888. The normalized spacial score (nSPS) is 21.4. The van der Waals surface area contributed by atoms with Crippen molar-refractivity contribution in [2.45, 2.75) is 26.0 Å². The predicted octanol–water partition coefficient (Wildman–Crippen LogP) is 1.09. The summed E-state index contributed by atoms with van der Waals surface area (Å²) in [5.74, 6) is 1.03. The van der Waals surface area contributed by atoms with E-state index in [1.54, 1.807) is 6.20 Å². The van der Waals surface area contributed by atoms with E-state index in [9.17, 15) is 10.3 Å². The summed E-state index contributed by atoms with van der Waals surface area (Å²) >= 11 is 0. The predicted molar refractivity (Wildman–Crippen MR) is 101 cm³/mol. The highest BCUT2D eigenvalue weighted by Gasteiger charge is 2.28. The Labute approximate surface area is 157 Å². The second-order valence-electron chi connectivity index (χ2n) is 6.78. The molecule has 1 saturated heterocycles. The van der Waals surface area contributed by atoms with Gasteiger partial charge in [-0.05, 0) is 36.5 Å². The molecule has 1 unspecified atom stereocenters. The first-order valence-corrected chi connectivity index (χ1v) is 8.91. The summed E-state index contributed by atoms with van der Waals surface area (Å²) in [5, 5.41) is 25.6. The molecule has 9 heteroatoms. The Kier molecular flexibility index (Phi) is 4.94. The number of ether oxygens (including phenoxy) is 1. The van der Waals surface area contributed by atoms with Gasteiger partial charge in [-0.2, -0.15) is 10.2 Å². The SMILES string of the molecule is Cc1cnc(Nc2ccc3c(c2)COB3O)nc1NC1COCC[C@H]1C#N. The van der Waals surface area contributed by atoms with Crippen molar-refractivity contribution in [3.05, 3.63) is 35.5 Å². The van der Waals surface area contributed by atoms with Crippen LogP contribution in [-0.4, -0.2) is 41.4 Å². The minimum Gasteiger partial charge on any atom is -0.423 e. The second kappa shape index (κ2) is 7.52. The molecular formula is C18H20BN5O3. The first kappa shape index (κ1) is 17.7. The number of fused-ring (bicyclic) bond motifs is 1. The average molecular weight is 365 g/mol. The van der Waals surface area contributed by atoms with E-state index in [-0.39, 0.29) is 12.0 Å². The molecule has 3 N–H and O–H groups in total. The quantitative estimate of drug-likeness (QED) is 0.691. The van der Waals surface area contributed by atoms with Crippen LogP contribution in [0.3, 0.4) is 0 Å². The molecule has 1 fully saturated rings. The topological polar surface area (TPSA) is 112 Å². The zero-order valence-electron chi connectivity index (χ0n) is 15.0. The standard InChI is InChI=1S/C18H20BN5O3/c1-11-8-21-18(22-14-2-3-15-13(6-14)9-27-19(15)25)24-17(11)23-16-10-26-5-4-12(16)7-20/h2-3,6,8,12,16,25H,4-5,9-10H2,1H3,(H2,21,22,23,24)/t12-,16?/m0/s1. The van der Waals surface area contributed by atoms with Gasteiger partial charge < -0.3 is 25.0 Å². The van der Waals surface area contributed by atoms with Crippen LogP contribution in [0.2, 0.25) is 0 Å². The minimum absolute atomic E-state index is 0.0937. The zero-order valence-corrected chi connectivity index (χ0v) is 15.0. The van der Waals surface area contributed by atoms with Gasteiger partial charge in [-0.15, -0.1) is 0 Å². The summed E-state index contributed by atoms with van der Waals surface area (Å²) in [5.41, 5.74) is 3.44. The Morgan fingerprint density at radius 3 is 3.15 bits per heavy atom. The number of hydrogen-bond donors (Lipinski definition) is 3. The van der Waals surface area contributed by atoms with Crippen LogP contribution in [0.25, 0.3) is 0 Å². The van der Waals surface area contributed by atoms with E-state index in [0.29, 0.717) is 38.0 Å². The van der Waals surface area contributed by atoms with E-state index in [1.165, 1.54) is 0 Å². The first-order chi connectivity index (χ1) is 13.1. The molecule has 2 aromatic rings. The third kappa shape index (κ3) is 3.73. The highest BCUT2D eigenvalue weighted by atomic mass is 16.5. The highest BCUT2D eigenvalue weighted by Crippen LogP contribution is 2.23. The number of benzene rings is 1. The lowest BCUT2D eigenvalue weighted by molar-refractivity contribution is 0.0698. The van der Waals surface area contributed by atoms with Crippen LogP contribution in [0.15, 0.2) is 24.4 Å². The lowest BCUT2D eigenvalue weighted by atomic mass is 9.79. The lowest BCUT2D eigenvalue weighted by Crippen LogP contribution is -2.38. The fourth-order valence-electron chi connectivity index (χ4n) is 3.30. The van der Waals surface area contributed by atoms with Gasteiger partial charge in [-0.25, -0.2) is 4.98 Å². The Balaban J connectivity index is 1.51. The van der Waals surface area contributed by atoms with E-state index in [0.717, 1.165) is 22.3 Å². The summed E-state index contributed by atoms with van der Waals surface area (Å²) in [6.45, 7) is 3.40. The van der Waals surface area contributed by atoms with Gasteiger partial charge in [0.25, 0.3) is 0 Å². The molecule has 1 aromatic carbocycles. The van der Waals surface area contributed by atoms with Crippen LogP contribution in [0, 0.1) is 24.2 Å². The van der Waals surface area contributed by atoms with E-state index in [2.05, 4.69) is 26.7 Å². The van der Waals surface area contributed by atoms with Crippen molar-refractivity contribution in [3.63, 3.8) is 0 Å². The van der Waals surface area contributed by atoms with Gasteiger partial charge in [0.05, 0.1) is 31.2 Å². The van der Waals surface area contributed by atoms with Crippen LogP contribution in [-0.2, 0) is 16.0 Å². The summed E-state index contributed by atoms with van der Waals surface area (Å²) in [6, 6.07) is 7.86. The molecule has 2 aliphatic rings. The van der Waals surface area contributed by atoms with Gasteiger partial charge in [-0.1, -0.05) is 6.07 Å². The number of hydrogen-bond acceptors (Lipinski definition) is 8. The van der Waals surface area contributed by atoms with Crippen LogP contribution >= 0.6 is 0 Å². The molecule has 138 valence electrons. The Morgan fingerprint density at radius 1 is 1.41 bits per heavy atom. The maximum Gasteiger partial charge on any atom is 0.491 e. The second-order valence-corrected chi connectivity index (χ2v) is 6.78. The largest absolute Gasteiger partial charge is 0.491 e. The molecule has 1 aromatic heterocycles. The summed E-state index contributed by atoms with van der Waals surface area (Å²) < 4.78 is 10.7. The Morgan fingerprint density at radius 2 is 2.30 bits per heavy atom. The summed E-state index contributed by atoms with van der Waals surface area (Å²) in [7, 11) is -0.855. The monoisotopic (exact) mass is 365 g/mol. The van der Waals surface area contributed by atoms with Gasteiger partial charge in [0, 0.05) is 24.1 Å². The van der Waals surface area contributed by atoms with Crippen molar-refractivity contribution in [2.24, 2.45) is 5.92 Å². The molecule has 27 heavy (non-hydrogen) atoms. The van der Waals surface area contributed by atoms with E-state index in [4.69, 9.17) is 9.39 Å². The van der Waals surface area contributed by atoms with Crippen LogP contribution in [0.1, 0.15) is 17.5 Å². The molecule has 2 atom stereocenters. The third-order valence-corrected chi connectivity index (χ3v) is 4.88. The van der Waals surface area contributed by atoms with E-state index >= 15 is 0 Å². The number of nitriles is 1. The molecule has 0 amide bonds. The smallest absolute Gasteiger partial charge is 0.423 e. The molecule has 2 aliphatic heterocycles. The number of nitrogens with one attached hydrogen (secondary N) is 2. The number of rotatable bonds is 4. The van der Waals surface area contributed by atoms with Gasteiger partial charge >= 0.3 is 7.12 Å². The number of aromatic nitrogens is 2. The van der Waals surface area contributed by atoms with Crippen LogP contribution in [0.5, 0.6) is 0 Å².